The number of halogens is 1. The molecule has 2 N–H and O–H groups in total. The Balaban J connectivity index is 1.78. The predicted octanol–water partition coefficient (Wildman–Crippen LogP) is 3.43. The predicted molar refractivity (Wildman–Crippen MR) is 95.9 cm³/mol. The maximum Gasteiger partial charge on any atom is 0.270 e. The Morgan fingerprint density at radius 2 is 1.92 bits per heavy atom. The molecule has 0 saturated heterocycles. The number of hydrogen-bond acceptors (Lipinski definition) is 6. The molecule has 0 amide bonds. The van der Waals surface area contributed by atoms with E-state index in [9.17, 15) is 10.1 Å². The van der Waals surface area contributed by atoms with Crippen molar-refractivity contribution in [3.63, 3.8) is 0 Å². The molecule has 0 spiro atoms. The molecular weight excluding hydrogens is 356 g/mol. The number of fused-ring (bicyclic) bond motifs is 1. The molecule has 128 valence electrons. The molecule has 0 aliphatic carbocycles. The lowest BCUT2D eigenvalue weighted by Gasteiger charge is -2.09. The fraction of sp³-hybridized carbons (Fsp3) is 0.0556. The number of aromatic amines is 1. The summed E-state index contributed by atoms with van der Waals surface area (Å²) in [6, 6.07) is 14.0. The maximum absolute atomic E-state index is 12.3. The van der Waals surface area contributed by atoms with Crippen molar-refractivity contribution in [1.82, 2.24) is 9.97 Å². The van der Waals surface area contributed by atoms with E-state index in [0.29, 0.717) is 27.8 Å². The van der Waals surface area contributed by atoms with Crippen molar-refractivity contribution in [2.45, 2.75) is 0 Å². The van der Waals surface area contributed by atoms with Crippen molar-refractivity contribution in [3.05, 3.63) is 63.4 Å². The van der Waals surface area contributed by atoms with Crippen LogP contribution in [0.4, 0.5) is 11.6 Å². The smallest absolute Gasteiger partial charge is 0.270 e. The quantitative estimate of drug-likeness (QED) is 0.736. The molecule has 0 bridgehead atoms. The number of anilines is 2. The van der Waals surface area contributed by atoms with Gasteiger partial charge in [-0.3, -0.25) is 9.78 Å². The van der Waals surface area contributed by atoms with Gasteiger partial charge in [0.05, 0.1) is 5.69 Å². The standard InChI is InChI=1S/C18H11ClN4O3/c19-11-2-4-12(5-3-11)21-18-22-16(13(8-20)17(24)23-18)10-1-6-14-15(7-10)26-9-25-14/h1-7H,9H2,(H2,21,22,23,24). The summed E-state index contributed by atoms with van der Waals surface area (Å²) in [4.78, 5) is 19.3. The van der Waals surface area contributed by atoms with Gasteiger partial charge in [-0.05, 0) is 42.5 Å². The van der Waals surface area contributed by atoms with Gasteiger partial charge in [0.2, 0.25) is 12.7 Å². The fourth-order valence-corrected chi connectivity index (χ4v) is 2.68. The number of benzene rings is 2. The number of H-pyrrole nitrogens is 1. The number of nitriles is 1. The van der Waals surface area contributed by atoms with E-state index in [0.717, 1.165) is 0 Å². The summed E-state index contributed by atoms with van der Waals surface area (Å²) in [5, 5.41) is 13.0. The van der Waals surface area contributed by atoms with E-state index >= 15 is 0 Å². The first kappa shape index (κ1) is 16.0. The minimum atomic E-state index is -0.536. The first-order chi connectivity index (χ1) is 12.6. The van der Waals surface area contributed by atoms with Gasteiger partial charge in [-0.25, -0.2) is 4.98 Å². The van der Waals surface area contributed by atoms with Gasteiger partial charge < -0.3 is 14.8 Å². The maximum atomic E-state index is 12.3. The van der Waals surface area contributed by atoms with Crippen molar-refractivity contribution in [2.24, 2.45) is 0 Å². The SMILES string of the molecule is N#Cc1c(-c2ccc3c(c2)OCO3)nc(Nc2ccc(Cl)cc2)[nH]c1=O. The second kappa shape index (κ2) is 6.43. The molecule has 3 aromatic rings. The highest BCUT2D eigenvalue weighted by molar-refractivity contribution is 6.30. The van der Waals surface area contributed by atoms with Gasteiger partial charge in [-0.15, -0.1) is 0 Å². The van der Waals surface area contributed by atoms with Crippen LogP contribution in [0.2, 0.25) is 5.02 Å². The summed E-state index contributed by atoms with van der Waals surface area (Å²) in [6.45, 7) is 0.135. The molecular formula is C18H11ClN4O3. The van der Waals surface area contributed by atoms with Crippen LogP contribution in [0.5, 0.6) is 11.5 Å². The Labute approximate surface area is 152 Å². The van der Waals surface area contributed by atoms with Gasteiger partial charge in [0.1, 0.15) is 11.6 Å². The zero-order valence-electron chi connectivity index (χ0n) is 13.2. The average Bonchev–Trinajstić information content (AvgIpc) is 3.11. The lowest BCUT2D eigenvalue weighted by atomic mass is 10.1. The summed E-state index contributed by atoms with van der Waals surface area (Å²) in [5.41, 5.74) is 0.915. The van der Waals surface area contributed by atoms with Gasteiger partial charge in [0, 0.05) is 16.3 Å². The molecule has 1 aliphatic rings. The number of ether oxygens (including phenoxy) is 2. The molecule has 0 radical (unpaired) electrons. The van der Waals surface area contributed by atoms with Crippen molar-refractivity contribution in [1.29, 1.82) is 5.26 Å². The minimum Gasteiger partial charge on any atom is -0.454 e. The summed E-state index contributed by atoms with van der Waals surface area (Å²) < 4.78 is 10.6. The highest BCUT2D eigenvalue weighted by Gasteiger charge is 2.18. The van der Waals surface area contributed by atoms with Gasteiger partial charge in [0.15, 0.2) is 11.5 Å². The van der Waals surface area contributed by atoms with Crippen molar-refractivity contribution < 1.29 is 9.47 Å². The van der Waals surface area contributed by atoms with E-state index in [2.05, 4.69) is 15.3 Å². The third kappa shape index (κ3) is 2.94. The fourth-order valence-electron chi connectivity index (χ4n) is 2.56. The molecule has 0 atom stereocenters. The van der Waals surface area contributed by atoms with Gasteiger partial charge in [-0.2, -0.15) is 5.26 Å². The largest absolute Gasteiger partial charge is 0.454 e. The van der Waals surface area contributed by atoms with Crippen LogP contribution in [0, 0.1) is 11.3 Å². The lowest BCUT2D eigenvalue weighted by molar-refractivity contribution is 0.174. The van der Waals surface area contributed by atoms with Gasteiger partial charge in [-0.1, -0.05) is 11.6 Å². The molecule has 0 fully saturated rings. The number of hydrogen-bond donors (Lipinski definition) is 2. The van der Waals surface area contributed by atoms with Gasteiger partial charge >= 0.3 is 0 Å². The Morgan fingerprint density at radius 1 is 1.15 bits per heavy atom. The number of aromatic nitrogens is 2. The Kier molecular flexibility index (Phi) is 3.95. The highest BCUT2D eigenvalue weighted by Crippen LogP contribution is 2.36. The molecule has 0 unspecified atom stereocenters. The monoisotopic (exact) mass is 366 g/mol. The molecule has 26 heavy (non-hydrogen) atoms. The van der Waals surface area contributed by atoms with Gasteiger partial charge in [0.25, 0.3) is 5.56 Å². The molecule has 1 aromatic heterocycles. The van der Waals surface area contributed by atoms with E-state index in [-0.39, 0.29) is 24.0 Å². The second-order valence-corrected chi connectivity index (χ2v) is 5.89. The minimum absolute atomic E-state index is 0.0782. The normalized spacial score (nSPS) is 11.8. The van der Waals surface area contributed by atoms with Crippen LogP contribution in [-0.2, 0) is 0 Å². The molecule has 7 nitrogen and oxygen atoms in total. The Hall–Kier alpha value is -3.50. The van der Waals surface area contributed by atoms with Crippen LogP contribution in [-0.4, -0.2) is 16.8 Å². The first-order valence-electron chi connectivity index (χ1n) is 7.61. The molecule has 0 saturated carbocycles. The van der Waals surface area contributed by atoms with E-state index in [4.69, 9.17) is 21.1 Å². The third-order valence-electron chi connectivity index (χ3n) is 3.78. The van der Waals surface area contributed by atoms with Crippen LogP contribution in [0.3, 0.4) is 0 Å². The van der Waals surface area contributed by atoms with Crippen LogP contribution in [0.25, 0.3) is 11.3 Å². The van der Waals surface area contributed by atoms with Crippen molar-refractivity contribution in [3.8, 4) is 28.8 Å². The van der Waals surface area contributed by atoms with Crippen LogP contribution in [0.1, 0.15) is 5.56 Å². The van der Waals surface area contributed by atoms with Crippen LogP contribution >= 0.6 is 11.6 Å². The summed E-state index contributed by atoms with van der Waals surface area (Å²) in [5.74, 6) is 1.36. The molecule has 2 aromatic carbocycles. The number of nitrogens with one attached hydrogen (secondary N) is 2. The number of rotatable bonds is 3. The van der Waals surface area contributed by atoms with E-state index < -0.39 is 5.56 Å². The van der Waals surface area contributed by atoms with E-state index in [1.54, 1.807) is 42.5 Å². The topological polar surface area (TPSA) is 100 Å². The molecule has 8 heteroatoms. The molecule has 2 heterocycles. The molecule has 4 rings (SSSR count). The zero-order valence-corrected chi connectivity index (χ0v) is 14.0. The van der Waals surface area contributed by atoms with E-state index in [1.807, 2.05) is 6.07 Å². The number of nitrogens with zero attached hydrogens (tertiary/aromatic N) is 2. The summed E-state index contributed by atoms with van der Waals surface area (Å²) in [6.07, 6.45) is 0. The summed E-state index contributed by atoms with van der Waals surface area (Å²) in [7, 11) is 0. The average molecular weight is 367 g/mol. The van der Waals surface area contributed by atoms with E-state index in [1.165, 1.54) is 0 Å². The lowest BCUT2D eigenvalue weighted by Crippen LogP contribution is -2.16. The van der Waals surface area contributed by atoms with Crippen LogP contribution < -0.4 is 20.3 Å². The molecule has 1 aliphatic heterocycles. The van der Waals surface area contributed by atoms with Crippen LogP contribution in [0.15, 0.2) is 47.3 Å². The van der Waals surface area contributed by atoms with Crippen molar-refractivity contribution in [2.75, 3.05) is 12.1 Å². The third-order valence-corrected chi connectivity index (χ3v) is 4.04. The Morgan fingerprint density at radius 3 is 2.69 bits per heavy atom. The first-order valence-corrected chi connectivity index (χ1v) is 7.99. The highest BCUT2D eigenvalue weighted by atomic mass is 35.5. The second-order valence-electron chi connectivity index (χ2n) is 5.45. The van der Waals surface area contributed by atoms with Crippen molar-refractivity contribution >= 4 is 23.2 Å². The Bertz CT molecular complexity index is 1090. The summed E-state index contributed by atoms with van der Waals surface area (Å²) >= 11 is 5.87. The zero-order chi connectivity index (χ0) is 18.1.